The molecule has 0 aliphatic heterocycles. The van der Waals surface area contributed by atoms with Crippen LogP contribution in [-0.2, 0) is 0 Å². The summed E-state index contributed by atoms with van der Waals surface area (Å²) in [5.41, 5.74) is 1.32. The number of hydrogen-bond donors (Lipinski definition) is 1. The smallest absolute Gasteiger partial charge is 0.131 e. The van der Waals surface area contributed by atoms with Crippen LogP contribution < -0.4 is 5.32 Å². The average Bonchev–Trinajstić information content (AvgIpc) is 2.49. The molecule has 0 radical (unpaired) electrons. The molecule has 1 nitrogen and oxygen atoms in total. The van der Waals surface area contributed by atoms with Gasteiger partial charge in [-0.25, -0.2) is 4.39 Å². The lowest BCUT2D eigenvalue weighted by molar-refractivity contribution is 0.236. The van der Waals surface area contributed by atoms with Crippen molar-refractivity contribution in [3.05, 3.63) is 47.8 Å². The van der Waals surface area contributed by atoms with Crippen LogP contribution in [0.2, 0.25) is 0 Å². The van der Waals surface area contributed by atoms with Crippen molar-refractivity contribution in [3.8, 4) is 0 Å². The van der Waals surface area contributed by atoms with Gasteiger partial charge in [0.2, 0.25) is 0 Å². The van der Waals surface area contributed by atoms with Gasteiger partial charge in [0.25, 0.3) is 0 Å². The van der Waals surface area contributed by atoms with Crippen molar-refractivity contribution in [2.24, 2.45) is 5.41 Å². The molecule has 0 saturated heterocycles. The zero-order valence-electron chi connectivity index (χ0n) is 13.5. The third-order valence-corrected chi connectivity index (χ3v) is 4.51. The van der Waals surface area contributed by atoms with Crippen molar-refractivity contribution < 1.29 is 4.39 Å². The largest absolute Gasteiger partial charge is 0.309 e. The fourth-order valence-corrected chi connectivity index (χ4v) is 2.84. The predicted octanol–water partition coefficient (Wildman–Crippen LogP) is 5.46. The first-order valence-electron chi connectivity index (χ1n) is 7.91. The Balaban J connectivity index is 2.57. The van der Waals surface area contributed by atoms with E-state index in [9.17, 15) is 4.39 Å². The second-order valence-electron chi connectivity index (χ2n) is 6.41. The Hall–Kier alpha value is -1.41. The van der Waals surface area contributed by atoms with Crippen LogP contribution in [0.3, 0.4) is 0 Å². The molecule has 0 spiro atoms. The Kier molecular flexibility index (Phi) is 5.00. The maximum Gasteiger partial charge on any atom is 0.131 e. The highest BCUT2D eigenvalue weighted by Crippen LogP contribution is 2.39. The van der Waals surface area contributed by atoms with Crippen molar-refractivity contribution in [1.82, 2.24) is 5.32 Å². The Morgan fingerprint density at radius 1 is 1.05 bits per heavy atom. The average molecular weight is 287 g/mol. The van der Waals surface area contributed by atoms with Crippen molar-refractivity contribution in [2.45, 2.75) is 46.6 Å². The highest BCUT2D eigenvalue weighted by molar-refractivity contribution is 5.86. The number of benzene rings is 2. The zero-order valence-corrected chi connectivity index (χ0v) is 13.5. The summed E-state index contributed by atoms with van der Waals surface area (Å²) in [6.07, 6.45) is 2.16. The summed E-state index contributed by atoms with van der Waals surface area (Å²) in [7, 11) is 0. The number of fused-ring (bicyclic) bond motifs is 1. The first-order chi connectivity index (χ1) is 10.0. The molecule has 0 fully saturated rings. The molecule has 2 aromatic carbocycles. The molecule has 0 saturated carbocycles. The summed E-state index contributed by atoms with van der Waals surface area (Å²) in [5.74, 6) is -0.141. The number of nitrogens with one attached hydrogen (secondary N) is 1. The van der Waals surface area contributed by atoms with E-state index in [1.807, 2.05) is 30.3 Å². The molecule has 2 aromatic rings. The Bertz CT molecular complexity index is 604. The molecule has 1 N–H and O–H groups in total. The number of hydrogen-bond acceptors (Lipinski definition) is 1. The van der Waals surface area contributed by atoms with Crippen molar-refractivity contribution >= 4 is 10.8 Å². The minimum absolute atomic E-state index is 0.121. The van der Waals surface area contributed by atoms with Crippen LogP contribution in [0.15, 0.2) is 36.4 Å². The number of halogens is 1. The molecule has 0 bridgehead atoms. The van der Waals surface area contributed by atoms with Gasteiger partial charge < -0.3 is 5.32 Å². The molecule has 0 aliphatic carbocycles. The van der Waals surface area contributed by atoms with Crippen LogP contribution in [-0.4, -0.2) is 6.54 Å². The van der Waals surface area contributed by atoms with E-state index in [1.54, 1.807) is 6.07 Å². The van der Waals surface area contributed by atoms with E-state index >= 15 is 0 Å². The molecule has 114 valence electrons. The van der Waals surface area contributed by atoms with Gasteiger partial charge in [0.05, 0.1) is 0 Å². The van der Waals surface area contributed by atoms with Crippen molar-refractivity contribution in [3.63, 3.8) is 0 Å². The van der Waals surface area contributed by atoms with Crippen LogP contribution in [0.1, 0.15) is 52.1 Å². The molecule has 2 heteroatoms. The van der Waals surface area contributed by atoms with Crippen LogP contribution in [0.4, 0.5) is 4.39 Å². The van der Waals surface area contributed by atoms with E-state index in [0.717, 1.165) is 24.8 Å². The van der Waals surface area contributed by atoms with Crippen LogP contribution in [0, 0.1) is 11.2 Å². The summed E-state index contributed by atoms with van der Waals surface area (Å²) < 4.78 is 14.0. The molecule has 21 heavy (non-hydrogen) atoms. The van der Waals surface area contributed by atoms with E-state index in [4.69, 9.17) is 0 Å². The van der Waals surface area contributed by atoms with Gasteiger partial charge in [-0.1, -0.05) is 58.0 Å². The van der Waals surface area contributed by atoms with Crippen LogP contribution in [0.25, 0.3) is 10.8 Å². The lowest BCUT2D eigenvalue weighted by Gasteiger charge is -2.35. The normalized spacial score (nSPS) is 13.6. The van der Waals surface area contributed by atoms with Gasteiger partial charge in [0.1, 0.15) is 5.82 Å². The molecule has 1 atom stereocenters. The topological polar surface area (TPSA) is 12.0 Å². The third kappa shape index (κ3) is 3.26. The summed E-state index contributed by atoms with van der Waals surface area (Å²) in [6.45, 7) is 9.91. The van der Waals surface area contributed by atoms with Gasteiger partial charge in [-0.3, -0.25) is 0 Å². The highest BCUT2D eigenvalue weighted by atomic mass is 19.1. The summed E-state index contributed by atoms with van der Waals surface area (Å²) >= 11 is 0. The Labute approximate surface area is 127 Å². The van der Waals surface area contributed by atoms with Gasteiger partial charge in [0.15, 0.2) is 0 Å². The fourth-order valence-electron chi connectivity index (χ4n) is 2.84. The molecule has 0 aliphatic rings. The minimum atomic E-state index is -0.141. The molecular formula is C19H26FN. The van der Waals surface area contributed by atoms with Gasteiger partial charge >= 0.3 is 0 Å². The third-order valence-electron chi connectivity index (χ3n) is 4.51. The SMILES string of the molecule is CCCNC(c1ccc(F)c2ccccc12)C(C)(C)CC. The van der Waals surface area contributed by atoms with Gasteiger partial charge in [0, 0.05) is 11.4 Å². The first kappa shape index (κ1) is 16.0. The Morgan fingerprint density at radius 3 is 2.33 bits per heavy atom. The van der Waals surface area contributed by atoms with E-state index in [2.05, 4.69) is 33.0 Å². The van der Waals surface area contributed by atoms with E-state index in [1.165, 1.54) is 5.56 Å². The molecule has 0 heterocycles. The van der Waals surface area contributed by atoms with Crippen molar-refractivity contribution in [1.29, 1.82) is 0 Å². The summed E-state index contributed by atoms with van der Waals surface area (Å²) in [5, 5.41) is 5.40. The second kappa shape index (κ2) is 6.57. The Morgan fingerprint density at radius 2 is 1.71 bits per heavy atom. The molecule has 0 amide bonds. The fraction of sp³-hybridized carbons (Fsp3) is 0.474. The van der Waals surface area contributed by atoms with Crippen molar-refractivity contribution in [2.75, 3.05) is 6.54 Å². The monoisotopic (exact) mass is 287 g/mol. The maximum atomic E-state index is 14.0. The molecule has 1 unspecified atom stereocenters. The zero-order chi connectivity index (χ0) is 15.5. The highest BCUT2D eigenvalue weighted by Gasteiger charge is 2.30. The van der Waals surface area contributed by atoms with E-state index < -0.39 is 0 Å². The number of rotatable bonds is 6. The quantitative estimate of drug-likeness (QED) is 0.744. The van der Waals surface area contributed by atoms with E-state index in [-0.39, 0.29) is 17.3 Å². The summed E-state index contributed by atoms with van der Waals surface area (Å²) in [6, 6.07) is 11.6. The van der Waals surface area contributed by atoms with Crippen LogP contribution >= 0.6 is 0 Å². The molecule has 2 rings (SSSR count). The van der Waals surface area contributed by atoms with Gasteiger partial charge in [-0.05, 0) is 41.8 Å². The molecular weight excluding hydrogens is 261 g/mol. The lowest BCUT2D eigenvalue weighted by Crippen LogP contribution is -2.34. The first-order valence-corrected chi connectivity index (χ1v) is 7.91. The lowest BCUT2D eigenvalue weighted by atomic mass is 9.77. The predicted molar refractivity (Wildman–Crippen MR) is 89.0 cm³/mol. The standard InChI is InChI=1S/C19H26FN/c1-5-13-21-18(19(3,4)6-2)16-11-12-17(20)15-10-8-7-9-14(15)16/h7-12,18,21H,5-6,13H2,1-4H3. The van der Waals surface area contributed by atoms with Gasteiger partial charge in [-0.15, -0.1) is 0 Å². The molecule has 0 aromatic heterocycles. The maximum absolute atomic E-state index is 14.0. The minimum Gasteiger partial charge on any atom is -0.309 e. The summed E-state index contributed by atoms with van der Waals surface area (Å²) in [4.78, 5) is 0. The van der Waals surface area contributed by atoms with Crippen LogP contribution in [0.5, 0.6) is 0 Å². The van der Waals surface area contributed by atoms with Gasteiger partial charge in [-0.2, -0.15) is 0 Å². The van der Waals surface area contributed by atoms with E-state index in [0.29, 0.717) is 5.39 Å². The second-order valence-corrected chi connectivity index (χ2v) is 6.41.